The number of nitrogens with one attached hydrogen (secondary N) is 1. The molecule has 0 amide bonds. The third-order valence-electron chi connectivity index (χ3n) is 4.33. The summed E-state index contributed by atoms with van der Waals surface area (Å²) in [5, 5.41) is 14.1. The fourth-order valence-corrected chi connectivity index (χ4v) is 4.82. The number of benzene rings is 1. The molecule has 10 heteroatoms. The number of nitro groups is 1. The number of rotatable bonds is 4. The predicted molar refractivity (Wildman–Crippen MR) is 85.5 cm³/mol. The van der Waals surface area contributed by atoms with E-state index in [0.29, 0.717) is 24.9 Å². The molecule has 2 fully saturated rings. The first-order valence-corrected chi connectivity index (χ1v) is 8.41. The summed E-state index contributed by atoms with van der Waals surface area (Å²) < 4.78 is 32.1. The van der Waals surface area contributed by atoms with Crippen molar-refractivity contribution in [2.45, 2.75) is 4.90 Å². The summed E-state index contributed by atoms with van der Waals surface area (Å²) in [5.74, 6) is 0.669. The molecule has 3 rings (SSSR count). The number of nitro benzene ring substituents is 1. The Balaban J connectivity index is 0.00000192. The van der Waals surface area contributed by atoms with Crippen LogP contribution in [0.4, 0.5) is 5.69 Å². The maximum atomic E-state index is 12.8. The molecule has 23 heavy (non-hydrogen) atoms. The quantitative estimate of drug-likeness (QED) is 0.629. The molecule has 1 N–H and O–H groups in total. The minimum absolute atomic E-state index is 0. The first kappa shape index (κ1) is 17.9. The molecule has 0 bridgehead atoms. The summed E-state index contributed by atoms with van der Waals surface area (Å²) in [7, 11) is -2.40. The normalized spacial score (nSPS) is 24.0. The Morgan fingerprint density at radius 1 is 1.30 bits per heavy atom. The summed E-state index contributed by atoms with van der Waals surface area (Å²) in [4.78, 5) is 10.2. The second-order valence-corrected chi connectivity index (χ2v) is 7.50. The Bertz CT molecular complexity index is 700. The van der Waals surface area contributed by atoms with Crippen LogP contribution in [0.5, 0.6) is 5.75 Å². The van der Waals surface area contributed by atoms with Crippen LogP contribution in [0.1, 0.15) is 0 Å². The SMILES string of the molecule is COc1cc([N+](=O)[O-])ccc1S(=O)(=O)N1C[C@H]2CNC[C@H]2C1.Cl. The molecule has 2 heterocycles. The molecule has 0 unspecified atom stereocenters. The topological polar surface area (TPSA) is 102 Å². The van der Waals surface area contributed by atoms with Crippen LogP contribution in [-0.2, 0) is 10.0 Å². The second-order valence-electron chi connectivity index (χ2n) is 5.59. The summed E-state index contributed by atoms with van der Waals surface area (Å²) in [6.45, 7) is 2.60. The zero-order chi connectivity index (χ0) is 15.9. The van der Waals surface area contributed by atoms with Crippen LogP contribution in [0.2, 0.25) is 0 Å². The highest BCUT2D eigenvalue weighted by Crippen LogP contribution is 2.35. The summed E-state index contributed by atoms with van der Waals surface area (Å²) in [6, 6.07) is 3.58. The average Bonchev–Trinajstić information content (AvgIpc) is 3.07. The number of hydrogen-bond donors (Lipinski definition) is 1. The minimum Gasteiger partial charge on any atom is -0.495 e. The molecule has 1 aromatic carbocycles. The smallest absolute Gasteiger partial charge is 0.273 e. The molecule has 2 aliphatic rings. The maximum absolute atomic E-state index is 12.8. The van der Waals surface area contributed by atoms with E-state index >= 15 is 0 Å². The van der Waals surface area contributed by atoms with Crippen molar-refractivity contribution in [2.75, 3.05) is 33.3 Å². The van der Waals surface area contributed by atoms with E-state index in [4.69, 9.17) is 4.74 Å². The summed E-state index contributed by atoms with van der Waals surface area (Å²) in [6.07, 6.45) is 0. The molecule has 0 aliphatic carbocycles. The van der Waals surface area contributed by atoms with Crippen molar-refractivity contribution in [1.29, 1.82) is 0 Å². The number of ether oxygens (including phenoxy) is 1. The average molecular weight is 364 g/mol. The standard InChI is InChI=1S/C13H17N3O5S.ClH/c1-21-12-4-11(16(17)18)2-3-13(12)22(19,20)15-7-9-5-14-6-10(9)8-15;/h2-4,9-10,14H,5-8H2,1H3;1H/t9-,10+;. The van der Waals surface area contributed by atoms with Gasteiger partial charge >= 0.3 is 0 Å². The lowest BCUT2D eigenvalue weighted by molar-refractivity contribution is -0.385. The molecule has 128 valence electrons. The number of non-ortho nitro benzene ring substituents is 1. The second kappa shape index (κ2) is 6.60. The van der Waals surface area contributed by atoms with Gasteiger partial charge in [-0.05, 0) is 31.0 Å². The largest absolute Gasteiger partial charge is 0.495 e. The van der Waals surface area contributed by atoms with Gasteiger partial charge in [-0.2, -0.15) is 4.31 Å². The monoisotopic (exact) mass is 363 g/mol. The van der Waals surface area contributed by atoms with Crippen LogP contribution in [0.15, 0.2) is 23.1 Å². The fraction of sp³-hybridized carbons (Fsp3) is 0.538. The van der Waals surface area contributed by atoms with E-state index < -0.39 is 14.9 Å². The van der Waals surface area contributed by atoms with Crippen molar-refractivity contribution in [2.24, 2.45) is 11.8 Å². The van der Waals surface area contributed by atoms with Crippen LogP contribution in [0.3, 0.4) is 0 Å². The Morgan fingerprint density at radius 2 is 1.91 bits per heavy atom. The van der Waals surface area contributed by atoms with Gasteiger partial charge in [0.25, 0.3) is 5.69 Å². The first-order valence-electron chi connectivity index (χ1n) is 6.97. The molecule has 1 aromatic rings. The van der Waals surface area contributed by atoms with Gasteiger partial charge < -0.3 is 10.1 Å². The highest BCUT2D eigenvalue weighted by Gasteiger charge is 2.42. The fourth-order valence-electron chi connectivity index (χ4n) is 3.13. The van der Waals surface area contributed by atoms with Crippen LogP contribution in [-0.4, -0.2) is 50.9 Å². The molecular formula is C13H18ClN3O5S. The van der Waals surface area contributed by atoms with E-state index in [1.807, 2.05) is 0 Å². The number of hydrogen-bond acceptors (Lipinski definition) is 6. The molecule has 0 aromatic heterocycles. The van der Waals surface area contributed by atoms with Gasteiger partial charge in [0.15, 0.2) is 0 Å². The van der Waals surface area contributed by atoms with Gasteiger partial charge in [-0.25, -0.2) is 8.42 Å². The van der Waals surface area contributed by atoms with Crippen molar-refractivity contribution in [3.63, 3.8) is 0 Å². The van der Waals surface area contributed by atoms with Gasteiger partial charge in [0, 0.05) is 19.2 Å². The highest BCUT2D eigenvalue weighted by atomic mass is 35.5. The van der Waals surface area contributed by atoms with Gasteiger partial charge in [0.05, 0.1) is 18.1 Å². The van der Waals surface area contributed by atoms with E-state index in [1.54, 1.807) is 0 Å². The lowest BCUT2D eigenvalue weighted by atomic mass is 10.0. The number of nitrogens with zero attached hydrogens (tertiary/aromatic N) is 2. The zero-order valence-electron chi connectivity index (χ0n) is 12.5. The van der Waals surface area contributed by atoms with Gasteiger partial charge in [-0.1, -0.05) is 0 Å². The van der Waals surface area contributed by atoms with E-state index in [9.17, 15) is 18.5 Å². The molecule has 2 saturated heterocycles. The Labute approximate surface area is 140 Å². The first-order chi connectivity index (χ1) is 10.4. The van der Waals surface area contributed by atoms with Gasteiger partial charge in [-0.15, -0.1) is 12.4 Å². The third kappa shape index (κ3) is 3.14. The van der Waals surface area contributed by atoms with E-state index in [0.717, 1.165) is 19.2 Å². The Kier molecular flexibility index (Phi) is 5.14. The molecule has 0 radical (unpaired) electrons. The van der Waals surface area contributed by atoms with E-state index in [1.165, 1.54) is 23.5 Å². The molecule has 8 nitrogen and oxygen atoms in total. The van der Waals surface area contributed by atoms with Crippen LogP contribution in [0.25, 0.3) is 0 Å². The minimum atomic E-state index is -3.71. The number of sulfonamides is 1. The van der Waals surface area contributed by atoms with Crippen molar-refractivity contribution in [1.82, 2.24) is 9.62 Å². The van der Waals surface area contributed by atoms with Gasteiger partial charge in [0.1, 0.15) is 10.6 Å². The zero-order valence-corrected chi connectivity index (χ0v) is 14.1. The lowest BCUT2D eigenvalue weighted by Gasteiger charge is -2.19. The van der Waals surface area contributed by atoms with Crippen LogP contribution in [0, 0.1) is 22.0 Å². The number of methoxy groups -OCH3 is 1. The van der Waals surface area contributed by atoms with E-state index in [2.05, 4.69) is 5.32 Å². The van der Waals surface area contributed by atoms with Gasteiger partial charge in [0.2, 0.25) is 10.0 Å². The van der Waals surface area contributed by atoms with Crippen LogP contribution < -0.4 is 10.1 Å². The summed E-state index contributed by atoms with van der Waals surface area (Å²) in [5.41, 5.74) is -0.196. The Hall–Kier alpha value is -1.42. The molecule has 0 spiro atoms. The van der Waals surface area contributed by atoms with Crippen molar-refractivity contribution >= 4 is 28.1 Å². The molecule has 2 aliphatic heterocycles. The lowest BCUT2D eigenvalue weighted by Crippen LogP contribution is -2.32. The summed E-state index contributed by atoms with van der Waals surface area (Å²) >= 11 is 0. The molecule has 0 saturated carbocycles. The van der Waals surface area contributed by atoms with Crippen LogP contribution >= 0.6 is 12.4 Å². The number of fused-ring (bicyclic) bond motifs is 1. The molecular weight excluding hydrogens is 346 g/mol. The predicted octanol–water partition coefficient (Wildman–Crippen LogP) is 0.865. The van der Waals surface area contributed by atoms with Crippen molar-refractivity contribution < 1.29 is 18.1 Å². The maximum Gasteiger partial charge on any atom is 0.273 e. The third-order valence-corrected chi connectivity index (χ3v) is 6.20. The molecule has 2 atom stereocenters. The van der Waals surface area contributed by atoms with Crippen molar-refractivity contribution in [3.8, 4) is 5.75 Å². The Morgan fingerprint density at radius 3 is 2.43 bits per heavy atom. The highest BCUT2D eigenvalue weighted by molar-refractivity contribution is 7.89. The van der Waals surface area contributed by atoms with E-state index in [-0.39, 0.29) is 28.7 Å². The number of halogens is 1. The van der Waals surface area contributed by atoms with Gasteiger partial charge in [-0.3, -0.25) is 10.1 Å². The van der Waals surface area contributed by atoms with Crippen molar-refractivity contribution in [3.05, 3.63) is 28.3 Å².